The van der Waals surface area contributed by atoms with E-state index in [0.29, 0.717) is 5.92 Å². The largest absolute Gasteiger partial charge is 0.468 e. The van der Waals surface area contributed by atoms with Gasteiger partial charge in [0, 0.05) is 12.6 Å². The van der Waals surface area contributed by atoms with E-state index in [-0.39, 0.29) is 12.5 Å². The highest BCUT2D eigenvalue weighted by molar-refractivity contribution is 5.68. The summed E-state index contributed by atoms with van der Waals surface area (Å²) in [5, 5.41) is 8.10. The zero-order chi connectivity index (χ0) is 12.5. The van der Waals surface area contributed by atoms with Gasteiger partial charge < -0.3 is 9.22 Å². The number of methoxy groups -OCH3 is 1. The van der Waals surface area contributed by atoms with E-state index in [1.54, 1.807) is 4.68 Å². The van der Waals surface area contributed by atoms with Crippen LogP contribution >= 0.6 is 0 Å². The molecule has 0 saturated carbocycles. The third kappa shape index (κ3) is 2.82. The molecule has 2 rings (SSSR count). The summed E-state index contributed by atoms with van der Waals surface area (Å²) in [7, 11) is 5.81. The number of nitrogens with zero attached hydrogens (tertiary/aromatic N) is 4. The van der Waals surface area contributed by atoms with Gasteiger partial charge in [0.05, 0.1) is 45.9 Å². The number of aromatic nitrogens is 3. The number of likely N-dealkylation sites (tertiary alicyclic amines) is 1. The van der Waals surface area contributed by atoms with Gasteiger partial charge in [0.15, 0.2) is 0 Å². The molecular formula is C11H19N4O2+. The Labute approximate surface area is 101 Å². The van der Waals surface area contributed by atoms with E-state index in [4.69, 9.17) is 0 Å². The lowest BCUT2D eigenvalue weighted by Crippen LogP contribution is -2.36. The first-order valence-electron chi connectivity index (χ1n) is 5.79. The minimum Gasteiger partial charge on any atom is -0.468 e. The lowest BCUT2D eigenvalue weighted by atomic mass is 10.1. The SMILES string of the molecule is COC(=O)Cn1cc([C@H]2CC[N+](C)(C)C2)nn1. The van der Waals surface area contributed by atoms with Gasteiger partial charge in [0.2, 0.25) is 0 Å². The van der Waals surface area contributed by atoms with Crippen molar-refractivity contribution in [2.24, 2.45) is 0 Å². The first-order valence-corrected chi connectivity index (χ1v) is 5.79. The average molecular weight is 239 g/mol. The molecule has 1 atom stereocenters. The molecule has 0 amide bonds. The van der Waals surface area contributed by atoms with Gasteiger partial charge in [-0.05, 0) is 0 Å². The lowest BCUT2D eigenvalue weighted by Gasteiger charge is -2.22. The van der Waals surface area contributed by atoms with Crippen LogP contribution in [0.3, 0.4) is 0 Å². The second kappa shape index (κ2) is 4.44. The molecule has 0 spiro atoms. The molecule has 0 N–H and O–H groups in total. The molecule has 2 heterocycles. The van der Waals surface area contributed by atoms with E-state index in [1.807, 2.05) is 6.20 Å². The minimum atomic E-state index is -0.302. The summed E-state index contributed by atoms with van der Waals surface area (Å²) in [5.74, 6) is 0.153. The molecule has 17 heavy (non-hydrogen) atoms. The van der Waals surface area contributed by atoms with Crippen molar-refractivity contribution in [3.05, 3.63) is 11.9 Å². The van der Waals surface area contributed by atoms with Crippen LogP contribution in [0, 0.1) is 0 Å². The Balaban J connectivity index is 2.01. The molecule has 0 bridgehead atoms. The normalized spacial score (nSPS) is 22.6. The van der Waals surface area contributed by atoms with Crippen LogP contribution in [0.5, 0.6) is 0 Å². The van der Waals surface area contributed by atoms with Gasteiger partial charge in [0.25, 0.3) is 0 Å². The molecule has 0 radical (unpaired) electrons. The first-order chi connectivity index (χ1) is 8.00. The molecule has 1 aliphatic heterocycles. The maximum absolute atomic E-state index is 11.1. The maximum atomic E-state index is 11.1. The monoisotopic (exact) mass is 239 g/mol. The van der Waals surface area contributed by atoms with Crippen molar-refractivity contribution in [1.82, 2.24) is 15.0 Å². The Morgan fingerprint density at radius 1 is 1.65 bits per heavy atom. The third-order valence-electron chi connectivity index (χ3n) is 3.29. The zero-order valence-electron chi connectivity index (χ0n) is 10.6. The summed E-state index contributed by atoms with van der Waals surface area (Å²) in [4.78, 5) is 11.1. The van der Waals surface area contributed by atoms with Gasteiger partial charge in [-0.25, -0.2) is 4.68 Å². The van der Waals surface area contributed by atoms with Crippen molar-refractivity contribution >= 4 is 5.97 Å². The molecule has 0 aromatic carbocycles. The number of hydrogen-bond acceptors (Lipinski definition) is 4. The van der Waals surface area contributed by atoms with E-state index in [2.05, 4.69) is 29.1 Å². The van der Waals surface area contributed by atoms with E-state index >= 15 is 0 Å². The number of rotatable bonds is 3. The molecule has 1 aromatic heterocycles. The number of carbonyl (C=O) groups excluding carboxylic acids is 1. The minimum absolute atomic E-state index is 0.133. The Hall–Kier alpha value is -1.43. The predicted octanol–water partition coefficient (Wildman–Crippen LogP) is 0.0148. The lowest BCUT2D eigenvalue weighted by molar-refractivity contribution is -0.878. The van der Waals surface area contributed by atoms with E-state index in [0.717, 1.165) is 29.7 Å². The second-order valence-corrected chi connectivity index (χ2v) is 5.24. The van der Waals surface area contributed by atoms with Crippen LogP contribution in [0.25, 0.3) is 0 Å². The van der Waals surface area contributed by atoms with Gasteiger partial charge in [-0.1, -0.05) is 5.21 Å². The third-order valence-corrected chi connectivity index (χ3v) is 3.29. The molecule has 1 aliphatic rings. The molecule has 0 unspecified atom stereocenters. The molecular weight excluding hydrogens is 220 g/mol. The Morgan fingerprint density at radius 3 is 3.00 bits per heavy atom. The van der Waals surface area contributed by atoms with Gasteiger partial charge in [-0.2, -0.15) is 0 Å². The van der Waals surface area contributed by atoms with Gasteiger partial charge >= 0.3 is 5.97 Å². The zero-order valence-corrected chi connectivity index (χ0v) is 10.6. The van der Waals surface area contributed by atoms with Crippen molar-refractivity contribution < 1.29 is 14.0 Å². The average Bonchev–Trinajstić information content (AvgIpc) is 2.84. The smallest absolute Gasteiger partial charge is 0.327 e. The second-order valence-electron chi connectivity index (χ2n) is 5.24. The fourth-order valence-corrected chi connectivity index (χ4v) is 2.30. The van der Waals surface area contributed by atoms with Crippen LogP contribution in [0.4, 0.5) is 0 Å². The number of likely N-dealkylation sites (N-methyl/N-ethyl adjacent to an activating group) is 1. The van der Waals surface area contributed by atoms with Crippen molar-refractivity contribution in [3.63, 3.8) is 0 Å². The Bertz CT molecular complexity index is 413. The molecule has 94 valence electrons. The van der Waals surface area contributed by atoms with Gasteiger partial charge in [0.1, 0.15) is 6.54 Å². The van der Waals surface area contributed by atoms with Crippen LogP contribution in [-0.4, -0.2) is 59.7 Å². The topological polar surface area (TPSA) is 57.0 Å². The standard InChI is InChI=1S/C11H19N4O2/c1-15(2)5-4-9(8-15)10-6-14(13-12-10)7-11(16)17-3/h6,9H,4-5,7-8H2,1-3H3/q+1/t9-/m0/s1. The van der Waals surface area contributed by atoms with Crippen molar-refractivity contribution in [2.75, 3.05) is 34.3 Å². The van der Waals surface area contributed by atoms with Crippen LogP contribution in [0.2, 0.25) is 0 Å². The fourth-order valence-electron chi connectivity index (χ4n) is 2.30. The summed E-state index contributed by atoms with van der Waals surface area (Å²) in [6, 6.07) is 0. The molecule has 1 saturated heterocycles. The Kier molecular flexibility index (Phi) is 3.15. The van der Waals surface area contributed by atoms with Gasteiger partial charge in [-0.3, -0.25) is 4.79 Å². The summed E-state index contributed by atoms with van der Waals surface area (Å²) in [6.07, 6.45) is 2.98. The number of esters is 1. The van der Waals surface area contributed by atoms with E-state index in [9.17, 15) is 4.79 Å². The molecule has 6 heteroatoms. The van der Waals surface area contributed by atoms with Crippen molar-refractivity contribution in [1.29, 1.82) is 0 Å². The highest BCUT2D eigenvalue weighted by Gasteiger charge is 2.33. The summed E-state index contributed by atoms with van der Waals surface area (Å²) in [6.45, 7) is 2.37. The molecule has 1 fully saturated rings. The van der Waals surface area contributed by atoms with Crippen LogP contribution in [-0.2, 0) is 16.1 Å². The first kappa shape index (κ1) is 12.0. The quantitative estimate of drug-likeness (QED) is 0.551. The number of hydrogen-bond donors (Lipinski definition) is 0. The van der Waals surface area contributed by atoms with Gasteiger partial charge in [-0.15, -0.1) is 5.10 Å². The van der Waals surface area contributed by atoms with Crippen LogP contribution < -0.4 is 0 Å². The van der Waals surface area contributed by atoms with E-state index in [1.165, 1.54) is 7.11 Å². The predicted molar refractivity (Wildman–Crippen MR) is 61.2 cm³/mol. The fraction of sp³-hybridized carbons (Fsp3) is 0.727. The summed E-state index contributed by atoms with van der Waals surface area (Å²) >= 11 is 0. The van der Waals surface area contributed by atoms with Crippen molar-refractivity contribution in [2.45, 2.75) is 18.9 Å². The highest BCUT2D eigenvalue weighted by atomic mass is 16.5. The Morgan fingerprint density at radius 2 is 2.41 bits per heavy atom. The molecule has 6 nitrogen and oxygen atoms in total. The number of quaternary nitrogens is 1. The maximum Gasteiger partial charge on any atom is 0.327 e. The highest BCUT2D eigenvalue weighted by Crippen LogP contribution is 2.28. The molecule has 0 aliphatic carbocycles. The number of carbonyl (C=O) groups is 1. The van der Waals surface area contributed by atoms with Crippen molar-refractivity contribution in [3.8, 4) is 0 Å². The van der Waals surface area contributed by atoms with E-state index < -0.39 is 0 Å². The molecule has 1 aromatic rings. The summed E-state index contributed by atoms with van der Waals surface area (Å²) in [5.41, 5.74) is 0.984. The van der Waals surface area contributed by atoms with Crippen LogP contribution in [0.1, 0.15) is 18.0 Å². The number of ether oxygens (including phenoxy) is 1. The summed E-state index contributed by atoms with van der Waals surface area (Å²) < 4.78 is 7.15. The van der Waals surface area contributed by atoms with Crippen LogP contribution in [0.15, 0.2) is 6.20 Å².